The summed E-state index contributed by atoms with van der Waals surface area (Å²) in [6.07, 6.45) is 3.15. The molecule has 124 valence electrons. The van der Waals surface area contributed by atoms with Gasteiger partial charge >= 0.3 is 5.97 Å². The minimum absolute atomic E-state index is 0.161. The Balaban J connectivity index is 2.18. The molecule has 0 radical (unpaired) electrons. The van der Waals surface area contributed by atoms with E-state index in [0.717, 1.165) is 3.79 Å². The number of carbonyl (C=O) groups excluding carboxylic acids is 1. The van der Waals surface area contributed by atoms with Crippen molar-refractivity contribution in [1.82, 2.24) is 14.5 Å². The van der Waals surface area contributed by atoms with Crippen LogP contribution in [0.25, 0.3) is 0 Å². The molecule has 8 heteroatoms. The van der Waals surface area contributed by atoms with Gasteiger partial charge in [0.1, 0.15) is 6.67 Å². The van der Waals surface area contributed by atoms with E-state index in [2.05, 4.69) is 39.3 Å². The minimum atomic E-state index is -0.830. The SMILES string of the molecule is C=CCCC(=O)OC1CN(CC#CC)C[N+]1([O-])c1ncc(Br)s1. The van der Waals surface area contributed by atoms with Gasteiger partial charge in [-0.3, -0.25) is 9.44 Å². The van der Waals surface area contributed by atoms with Crippen molar-refractivity contribution in [2.45, 2.75) is 26.0 Å². The van der Waals surface area contributed by atoms with Crippen LogP contribution in [0.15, 0.2) is 22.6 Å². The quantitative estimate of drug-likeness (QED) is 0.242. The molecular weight excluding hydrogens is 382 g/mol. The van der Waals surface area contributed by atoms with Crippen molar-refractivity contribution >= 4 is 38.4 Å². The van der Waals surface area contributed by atoms with Crippen LogP contribution in [0.3, 0.4) is 0 Å². The standard InChI is InChI=1S/C15H18BrN3O3S/c1-3-5-7-14(20)22-13-10-18(8-6-4-2)11-19(13,21)15-17-9-12(16)23-15/h3,9,13H,1,5,7-8,10-11H2,2H3. The third-order valence-corrected chi connectivity index (χ3v) is 4.97. The molecule has 2 atom stereocenters. The van der Waals surface area contributed by atoms with E-state index < -0.39 is 16.8 Å². The average Bonchev–Trinajstić information content (AvgIpc) is 3.08. The van der Waals surface area contributed by atoms with Crippen molar-refractivity contribution in [2.24, 2.45) is 0 Å². The topological polar surface area (TPSA) is 65.5 Å². The number of carbonyl (C=O) groups is 1. The summed E-state index contributed by atoms with van der Waals surface area (Å²) < 4.78 is 5.42. The zero-order valence-corrected chi connectivity index (χ0v) is 15.2. The fraction of sp³-hybridized carbons (Fsp3) is 0.467. The molecule has 0 saturated carbocycles. The van der Waals surface area contributed by atoms with Crippen molar-refractivity contribution < 1.29 is 9.53 Å². The Bertz CT molecular complexity index is 639. The first-order valence-corrected chi connectivity index (χ1v) is 8.73. The van der Waals surface area contributed by atoms with Crippen molar-refractivity contribution in [3.63, 3.8) is 0 Å². The second-order valence-corrected chi connectivity index (χ2v) is 7.48. The van der Waals surface area contributed by atoms with Gasteiger partial charge in [-0.15, -0.1) is 12.5 Å². The molecule has 0 aliphatic carbocycles. The number of quaternary nitrogens is 1. The molecule has 1 saturated heterocycles. The normalized spacial score (nSPS) is 24.0. The lowest BCUT2D eigenvalue weighted by Crippen LogP contribution is -2.50. The highest BCUT2D eigenvalue weighted by atomic mass is 79.9. The number of halogens is 1. The first kappa shape index (κ1) is 18.1. The Morgan fingerprint density at radius 3 is 3.17 bits per heavy atom. The molecule has 0 N–H and O–H groups in total. The first-order valence-electron chi connectivity index (χ1n) is 7.12. The van der Waals surface area contributed by atoms with Crippen LogP contribution in [0.4, 0.5) is 5.13 Å². The Hall–Kier alpha value is -1.24. The number of nitrogens with zero attached hydrogens (tertiary/aromatic N) is 3. The number of thiazole rings is 1. The summed E-state index contributed by atoms with van der Waals surface area (Å²) in [4.78, 5) is 18.0. The van der Waals surface area contributed by atoms with Gasteiger partial charge in [-0.1, -0.05) is 12.0 Å². The zero-order chi connectivity index (χ0) is 16.9. The lowest BCUT2D eigenvalue weighted by Gasteiger charge is -2.38. The molecule has 6 nitrogen and oxygen atoms in total. The number of hydroxylamine groups is 2. The molecular formula is C15H18BrN3O3S. The summed E-state index contributed by atoms with van der Waals surface area (Å²) in [7, 11) is 0. The zero-order valence-electron chi connectivity index (χ0n) is 12.8. The maximum Gasteiger partial charge on any atom is 0.310 e. The number of allylic oxidation sites excluding steroid dienone is 1. The van der Waals surface area contributed by atoms with Gasteiger partial charge in [0, 0.05) is 6.42 Å². The third-order valence-electron chi connectivity index (χ3n) is 3.38. The van der Waals surface area contributed by atoms with Gasteiger partial charge in [0.2, 0.25) is 0 Å². The van der Waals surface area contributed by atoms with E-state index in [0.29, 0.717) is 24.6 Å². The molecule has 2 rings (SSSR count). The van der Waals surface area contributed by atoms with Crippen LogP contribution in [0, 0.1) is 17.0 Å². The van der Waals surface area contributed by atoms with Crippen molar-refractivity contribution in [3.8, 4) is 11.8 Å². The highest BCUT2D eigenvalue weighted by Gasteiger charge is 2.45. The van der Waals surface area contributed by atoms with E-state index in [1.54, 1.807) is 19.2 Å². The van der Waals surface area contributed by atoms with Gasteiger partial charge in [-0.2, -0.15) is 4.98 Å². The molecule has 0 spiro atoms. The van der Waals surface area contributed by atoms with Crippen LogP contribution in [-0.2, 0) is 9.53 Å². The van der Waals surface area contributed by atoms with Crippen molar-refractivity contribution in [2.75, 3.05) is 19.8 Å². The molecule has 0 aromatic carbocycles. The monoisotopic (exact) mass is 399 g/mol. The van der Waals surface area contributed by atoms with Gasteiger partial charge in [0.25, 0.3) is 11.4 Å². The fourth-order valence-corrected chi connectivity index (χ4v) is 3.51. The number of hydrogen-bond donors (Lipinski definition) is 0. The Morgan fingerprint density at radius 1 is 1.78 bits per heavy atom. The molecule has 1 fully saturated rings. The summed E-state index contributed by atoms with van der Waals surface area (Å²) in [5.74, 6) is 5.35. The predicted molar refractivity (Wildman–Crippen MR) is 94.2 cm³/mol. The lowest BCUT2D eigenvalue weighted by molar-refractivity contribution is -0.153. The average molecular weight is 400 g/mol. The molecule has 0 amide bonds. The summed E-state index contributed by atoms with van der Waals surface area (Å²) in [6, 6.07) is 0. The number of aromatic nitrogens is 1. The van der Waals surface area contributed by atoms with Crippen LogP contribution in [0.2, 0.25) is 0 Å². The lowest BCUT2D eigenvalue weighted by atomic mass is 10.3. The van der Waals surface area contributed by atoms with Crippen LogP contribution in [0.1, 0.15) is 19.8 Å². The van der Waals surface area contributed by atoms with Crippen LogP contribution >= 0.6 is 27.3 Å². The Labute approximate surface area is 148 Å². The van der Waals surface area contributed by atoms with E-state index in [9.17, 15) is 10.0 Å². The van der Waals surface area contributed by atoms with E-state index in [4.69, 9.17) is 4.74 Å². The van der Waals surface area contributed by atoms with Gasteiger partial charge in [-0.05, 0) is 40.6 Å². The number of ether oxygens (including phenoxy) is 1. The maximum absolute atomic E-state index is 13.3. The van der Waals surface area contributed by atoms with Crippen molar-refractivity contribution in [1.29, 1.82) is 0 Å². The molecule has 2 unspecified atom stereocenters. The predicted octanol–water partition coefficient (Wildman–Crippen LogP) is 2.84. The van der Waals surface area contributed by atoms with E-state index in [1.165, 1.54) is 11.3 Å². The molecule has 23 heavy (non-hydrogen) atoms. The largest absolute Gasteiger partial charge is 0.622 e. The van der Waals surface area contributed by atoms with E-state index >= 15 is 0 Å². The van der Waals surface area contributed by atoms with Crippen LogP contribution in [0.5, 0.6) is 0 Å². The van der Waals surface area contributed by atoms with Crippen LogP contribution < -0.4 is 4.65 Å². The van der Waals surface area contributed by atoms with Crippen molar-refractivity contribution in [3.05, 3.63) is 27.8 Å². The van der Waals surface area contributed by atoms with Gasteiger partial charge in [0.05, 0.1) is 23.1 Å². The van der Waals surface area contributed by atoms with E-state index in [-0.39, 0.29) is 13.1 Å². The minimum Gasteiger partial charge on any atom is -0.622 e. The van der Waals surface area contributed by atoms with E-state index in [1.807, 2.05) is 4.90 Å². The fourth-order valence-electron chi connectivity index (χ4n) is 2.26. The first-order chi connectivity index (χ1) is 11.0. The smallest absolute Gasteiger partial charge is 0.310 e. The molecule has 1 aliphatic heterocycles. The molecule has 1 aromatic heterocycles. The van der Waals surface area contributed by atoms with Gasteiger partial charge in [0.15, 0.2) is 0 Å². The second kappa shape index (κ2) is 8.04. The molecule has 1 aliphatic rings. The second-order valence-electron chi connectivity index (χ2n) is 5.09. The summed E-state index contributed by atoms with van der Waals surface area (Å²) in [5.41, 5.74) is 0. The maximum atomic E-state index is 13.3. The highest BCUT2D eigenvalue weighted by Crippen LogP contribution is 2.36. The summed E-state index contributed by atoms with van der Waals surface area (Å²) in [5, 5.41) is 13.7. The van der Waals surface area contributed by atoms with Gasteiger partial charge in [-0.25, -0.2) is 4.90 Å². The third kappa shape index (κ3) is 4.40. The molecule has 1 aromatic rings. The number of hydrogen-bond acceptors (Lipinski definition) is 6. The molecule has 0 bridgehead atoms. The summed E-state index contributed by atoms with van der Waals surface area (Å²) >= 11 is 4.57. The highest BCUT2D eigenvalue weighted by molar-refractivity contribution is 9.11. The Morgan fingerprint density at radius 2 is 2.57 bits per heavy atom. The van der Waals surface area contributed by atoms with Crippen LogP contribution in [-0.4, -0.2) is 41.8 Å². The number of esters is 1. The van der Waals surface area contributed by atoms with Gasteiger partial charge < -0.3 is 9.94 Å². The molecule has 2 heterocycles. The Kier molecular flexibility index (Phi) is 6.33. The number of rotatable bonds is 6. The summed E-state index contributed by atoms with van der Waals surface area (Å²) in [6.45, 7) is 6.30.